The molecule has 0 spiro atoms. The van der Waals surface area contributed by atoms with Gasteiger partial charge in [-0.3, -0.25) is 9.59 Å². The van der Waals surface area contributed by atoms with Crippen LogP contribution in [-0.2, 0) is 9.59 Å². The van der Waals surface area contributed by atoms with E-state index >= 15 is 0 Å². The first-order valence-corrected chi connectivity index (χ1v) is 7.24. The third kappa shape index (κ3) is 3.75. The Morgan fingerprint density at radius 2 is 2.18 bits per heavy atom. The van der Waals surface area contributed by atoms with E-state index < -0.39 is 0 Å². The minimum Gasteiger partial charge on any atom is -0.494 e. The fraction of sp³-hybridized carbons (Fsp3) is 0.294. The van der Waals surface area contributed by atoms with Crippen molar-refractivity contribution < 1.29 is 14.3 Å². The van der Waals surface area contributed by atoms with Gasteiger partial charge in [0, 0.05) is 30.8 Å². The molecule has 5 nitrogen and oxygen atoms in total. The zero-order chi connectivity index (χ0) is 15.9. The van der Waals surface area contributed by atoms with E-state index in [-0.39, 0.29) is 11.8 Å². The Balaban J connectivity index is 2.15. The van der Waals surface area contributed by atoms with Crippen LogP contribution in [0.5, 0.6) is 5.75 Å². The Morgan fingerprint density at radius 1 is 1.36 bits per heavy atom. The normalized spacial score (nSPS) is 15.0. The Hall–Kier alpha value is -2.56. The third-order valence-corrected chi connectivity index (χ3v) is 3.36. The smallest absolute Gasteiger partial charge is 0.248 e. The van der Waals surface area contributed by atoms with Crippen molar-refractivity contribution in [2.45, 2.75) is 19.8 Å². The molecule has 116 valence electrons. The van der Waals surface area contributed by atoms with E-state index in [9.17, 15) is 9.59 Å². The number of benzene rings is 1. The average Bonchev–Trinajstić information content (AvgIpc) is 2.93. The quantitative estimate of drug-likeness (QED) is 0.672. The Morgan fingerprint density at radius 3 is 2.82 bits per heavy atom. The topological polar surface area (TPSA) is 58.6 Å². The minimum absolute atomic E-state index is 0.101. The summed E-state index contributed by atoms with van der Waals surface area (Å²) in [6.07, 6.45) is 8.17. The molecule has 1 fully saturated rings. The van der Waals surface area contributed by atoms with Crippen molar-refractivity contribution in [3.05, 3.63) is 42.5 Å². The van der Waals surface area contributed by atoms with Gasteiger partial charge in [0.2, 0.25) is 11.8 Å². The predicted molar refractivity (Wildman–Crippen MR) is 87.2 cm³/mol. The lowest BCUT2D eigenvalue weighted by Crippen LogP contribution is -2.24. The van der Waals surface area contributed by atoms with Crippen molar-refractivity contribution in [1.29, 1.82) is 0 Å². The summed E-state index contributed by atoms with van der Waals surface area (Å²) in [5.74, 6) is 0.458. The van der Waals surface area contributed by atoms with Crippen molar-refractivity contribution in [2.75, 3.05) is 23.9 Å². The van der Waals surface area contributed by atoms with E-state index in [4.69, 9.17) is 4.74 Å². The largest absolute Gasteiger partial charge is 0.494 e. The molecule has 1 aromatic rings. The van der Waals surface area contributed by atoms with Crippen LogP contribution in [-0.4, -0.2) is 25.5 Å². The summed E-state index contributed by atoms with van der Waals surface area (Å²) < 4.78 is 5.35. The van der Waals surface area contributed by atoms with Gasteiger partial charge in [0.05, 0.1) is 12.8 Å². The second kappa shape index (κ2) is 7.45. The standard InChI is InChI=1S/C17H20N2O3/c1-3-4-5-7-16(20)18-13-9-10-14(15(12-13)22-2)19-11-6-8-17(19)21/h3-5,7,9-10,12H,6,8,11H2,1-2H3,(H,18,20)/b4-3+,7-5+. The molecule has 2 rings (SSSR count). The number of rotatable bonds is 5. The number of allylic oxidation sites excluding steroid dienone is 3. The molecule has 0 bridgehead atoms. The summed E-state index contributed by atoms with van der Waals surface area (Å²) in [5.41, 5.74) is 1.37. The molecule has 1 aliphatic heterocycles. The van der Waals surface area contributed by atoms with Gasteiger partial charge in [-0.1, -0.05) is 18.2 Å². The van der Waals surface area contributed by atoms with Crippen LogP contribution in [0.2, 0.25) is 0 Å². The number of methoxy groups -OCH3 is 1. The Labute approximate surface area is 130 Å². The summed E-state index contributed by atoms with van der Waals surface area (Å²) >= 11 is 0. The highest BCUT2D eigenvalue weighted by Crippen LogP contribution is 2.33. The molecule has 1 aromatic carbocycles. The number of amides is 2. The second-order valence-corrected chi connectivity index (χ2v) is 4.91. The zero-order valence-corrected chi connectivity index (χ0v) is 12.8. The van der Waals surface area contributed by atoms with Crippen LogP contribution in [0.3, 0.4) is 0 Å². The van der Waals surface area contributed by atoms with Crippen molar-refractivity contribution in [1.82, 2.24) is 0 Å². The van der Waals surface area contributed by atoms with Gasteiger partial charge in [-0.2, -0.15) is 0 Å². The van der Waals surface area contributed by atoms with E-state index in [0.29, 0.717) is 24.4 Å². The molecule has 0 aliphatic carbocycles. The number of nitrogens with one attached hydrogen (secondary N) is 1. The van der Waals surface area contributed by atoms with Crippen LogP contribution >= 0.6 is 0 Å². The molecule has 0 aromatic heterocycles. The van der Waals surface area contributed by atoms with E-state index in [2.05, 4.69) is 5.32 Å². The van der Waals surface area contributed by atoms with Gasteiger partial charge in [0.25, 0.3) is 0 Å². The molecular formula is C17H20N2O3. The number of ether oxygens (including phenoxy) is 1. The average molecular weight is 300 g/mol. The fourth-order valence-electron chi connectivity index (χ4n) is 2.32. The lowest BCUT2D eigenvalue weighted by Gasteiger charge is -2.19. The van der Waals surface area contributed by atoms with Gasteiger partial charge >= 0.3 is 0 Å². The SMILES string of the molecule is C/C=C/C=C/C(=O)Nc1ccc(N2CCCC2=O)c(OC)c1. The number of hydrogen-bond donors (Lipinski definition) is 1. The number of hydrogen-bond acceptors (Lipinski definition) is 3. The molecule has 0 unspecified atom stereocenters. The van der Waals surface area contributed by atoms with E-state index in [1.54, 1.807) is 42.4 Å². The summed E-state index contributed by atoms with van der Waals surface area (Å²) in [5, 5.41) is 2.76. The molecule has 5 heteroatoms. The summed E-state index contributed by atoms with van der Waals surface area (Å²) in [6.45, 7) is 2.58. The summed E-state index contributed by atoms with van der Waals surface area (Å²) in [4.78, 5) is 25.3. The van der Waals surface area contributed by atoms with Crippen molar-refractivity contribution >= 4 is 23.2 Å². The Kier molecular flexibility index (Phi) is 5.36. The van der Waals surface area contributed by atoms with Gasteiger partial charge in [0.15, 0.2) is 0 Å². The molecular weight excluding hydrogens is 280 g/mol. The molecule has 22 heavy (non-hydrogen) atoms. The van der Waals surface area contributed by atoms with Crippen LogP contribution in [0.1, 0.15) is 19.8 Å². The maximum Gasteiger partial charge on any atom is 0.248 e. The van der Waals surface area contributed by atoms with Crippen molar-refractivity contribution in [2.24, 2.45) is 0 Å². The number of nitrogens with zero attached hydrogens (tertiary/aromatic N) is 1. The molecule has 0 saturated carbocycles. The van der Waals surface area contributed by atoms with E-state index in [0.717, 1.165) is 12.1 Å². The number of anilines is 2. The van der Waals surface area contributed by atoms with Crippen molar-refractivity contribution in [3.8, 4) is 5.75 Å². The van der Waals surface area contributed by atoms with Crippen molar-refractivity contribution in [3.63, 3.8) is 0 Å². The summed E-state index contributed by atoms with van der Waals surface area (Å²) in [7, 11) is 1.55. The van der Waals surface area contributed by atoms with Gasteiger partial charge in [-0.25, -0.2) is 0 Å². The highest BCUT2D eigenvalue weighted by molar-refractivity contribution is 6.01. The highest BCUT2D eigenvalue weighted by atomic mass is 16.5. The Bertz CT molecular complexity index is 620. The number of carbonyl (C=O) groups is 2. The van der Waals surface area contributed by atoms with Gasteiger partial charge in [-0.15, -0.1) is 0 Å². The number of carbonyl (C=O) groups excluding carboxylic acids is 2. The molecule has 1 aliphatic rings. The van der Waals surface area contributed by atoms with E-state index in [1.165, 1.54) is 6.08 Å². The first-order valence-electron chi connectivity index (χ1n) is 7.24. The molecule has 0 atom stereocenters. The first-order chi connectivity index (χ1) is 10.7. The zero-order valence-electron chi connectivity index (χ0n) is 12.8. The maximum atomic E-state index is 11.8. The highest BCUT2D eigenvalue weighted by Gasteiger charge is 2.24. The molecule has 1 saturated heterocycles. The molecule has 1 N–H and O–H groups in total. The van der Waals surface area contributed by atoms with Gasteiger partial charge in [0.1, 0.15) is 5.75 Å². The van der Waals surface area contributed by atoms with Crippen LogP contribution in [0.25, 0.3) is 0 Å². The maximum absolute atomic E-state index is 11.8. The third-order valence-electron chi connectivity index (χ3n) is 3.36. The van der Waals surface area contributed by atoms with Crippen LogP contribution < -0.4 is 15.0 Å². The molecule has 0 radical (unpaired) electrons. The lowest BCUT2D eigenvalue weighted by molar-refractivity contribution is -0.117. The van der Waals surface area contributed by atoms with Crippen LogP contribution in [0.15, 0.2) is 42.5 Å². The monoisotopic (exact) mass is 300 g/mol. The second-order valence-electron chi connectivity index (χ2n) is 4.91. The minimum atomic E-state index is -0.217. The van der Waals surface area contributed by atoms with Crippen LogP contribution in [0, 0.1) is 0 Å². The predicted octanol–water partition coefficient (Wildman–Crippen LogP) is 2.89. The lowest BCUT2D eigenvalue weighted by atomic mass is 10.2. The molecule has 2 amide bonds. The molecule has 1 heterocycles. The first kappa shape index (κ1) is 15.8. The van der Waals surface area contributed by atoms with Gasteiger partial charge in [-0.05, 0) is 25.5 Å². The fourth-order valence-corrected chi connectivity index (χ4v) is 2.32. The van der Waals surface area contributed by atoms with Gasteiger partial charge < -0.3 is 15.0 Å². The van der Waals surface area contributed by atoms with Crippen LogP contribution in [0.4, 0.5) is 11.4 Å². The van der Waals surface area contributed by atoms with E-state index in [1.807, 2.05) is 13.0 Å². The summed E-state index contributed by atoms with van der Waals surface area (Å²) in [6, 6.07) is 5.29.